The van der Waals surface area contributed by atoms with Crippen LogP contribution in [-0.2, 0) is 33.5 Å². The van der Waals surface area contributed by atoms with E-state index in [0.717, 1.165) is 24.1 Å². The third kappa shape index (κ3) is 8.70. The van der Waals surface area contributed by atoms with Crippen LogP contribution in [0.1, 0.15) is 29.5 Å². The van der Waals surface area contributed by atoms with E-state index in [4.69, 9.17) is 0 Å². The molecule has 2 fully saturated rings. The van der Waals surface area contributed by atoms with Gasteiger partial charge in [0.2, 0.25) is 5.91 Å². The molecule has 0 aromatic heterocycles. The van der Waals surface area contributed by atoms with Crippen LogP contribution >= 0.6 is 11.8 Å². The molecule has 2 saturated heterocycles. The highest BCUT2D eigenvalue weighted by Crippen LogP contribution is 2.38. The van der Waals surface area contributed by atoms with Crippen molar-refractivity contribution in [1.82, 2.24) is 15.1 Å². The Labute approximate surface area is 231 Å². The number of benzene rings is 1. The number of alkyl halides is 6. The molecule has 0 radical (unpaired) electrons. The average molecular weight is 615 g/mol. The number of halogens is 6. The van der Waals surface area contributed by atoms with Crippen LogP contribution in [0.5, 0.6) is 0 Å². The van der Waals surface area contributed by atoms with Crippen LogP contribution in [0, 0.1) is 5.92 Å². The molecule has 0 unspecified atom stereocenters. The molecule has 2 amide bonds. The molecule has 0 saturated carbocycles. The fourth-order valence-corrected chi connectivity index (χ4v) is 5.93. The lowest BCUT2D eigenvalue weighted by atomic mass is 9.95. The van der Waals surface area contributed by atoms with E-state index in [2.05, 4.69) is 10.3 Å². The molecule has 0 spiro atoms. The average Bonchev–Trinajstić information content (AvgIpc) is 3.15. The van der Waals surface area contributed by atoms with Crippen LogP contribution in [-0.4, -0.2) is 80.4 Å². The molecule has 0 aliphatic carbocycles. The van der Waals surface area contributed by atoms with Crippen molar-refractivity contribution in [3.8, 4) is 0 Å². The monoisotopic (exact) mass is 614 g/mol. The number of hydrogen-bond donors (Lipinski definition) is 1. The maximum atomic E-state index is 13.5. The third-order valence-electron chi connectivity index (χ3n) is 6.28. The molecule has 2 heterocycles. The van der Waals surface area contributed by atoms with Gasteiger partial charge in [0.1, 0.15) is 21.7 Å². The first kappa shape index (κ1) is 31.9. The van der Waals surface area contributed by atoms with E-state index in [0.29, 0.717) is 36.9 Å². The van der Waals surface area contributed by atoms with Gasteiger partial charge in [0.05, 0.1) is 21.8 Å². The quantitative estimate of drug-likeness (QED) is 0.463. The summed E-state index contributed by atoms with van der Waals surface area (Å²) >= 11 is 0.834. The summed E-state index contributed by atoms with van der Waals surface area (Å²) in [6.45, 7) is 0.514. The van der Waals surface area contributed by atoms with Crippen molar-refractivity contribution >= 4 is 38.6 Å². The van der Waals surface area contributed by atoms with Gasteiger partial charge in [-0.25, -0.2) is 8.42 Å². The van der Waals surface area contributed by atoms with E-state index in [9.17, 15) is 44.3 Å². The number of amides is 2. The molecule has 1 aromatic rings. The van der Waals surface area contributed by atoms with Gasteiger partial charge in [0, 0.05) is 26.9 Å². The number of piperidine rings is 1. The largest absolute Gasteiger partial charge is 0.416 e. The number of allylic oxidation sites excluding steroid dienone is 1. The van der Waals surface area contributed by atoms with E-state index in [1.54, 1.807) is 11.0 Å². The van der Waals surface area contributed by atoms with E-state index in [1.807, 2.05) is 0 Å². The van der Waals surface area contributed by atoms with Crippen molar-refractivity contribution in [3.63, 3.8) is 0 Å². The Balaban J connectivity index is 1.74. The second kappa shape index (κ2) is 12.1. The van der Waals surface area contributed by atoms with Crippen LogP contribution in [0.4, 0.5) is 31.1 Å². The zero-order chi connectivity index (χ0) is 30.0. The maximum absolute atomic E-state index is 13.5. The number of likely N-dealkylation sites (N-methyl/N-ethyl adjacent to an activating group) is 1. The van der Waals surface area contributed by atoms with Crippen LogP contribution in [0.15, 0.2) is 34.2 Å². The smallest absolute Gasteiger partial charge is 0.347 e. The second-order valence-corrected chi connectivity index (χ2v) is 13.0. The van der Waals surface area contributed by atoms with Crippen LogP contribution < -0.4 is 5.32 Å². The fraction of sp³-hybridized carbons (Fsp3) is 0.542. The predicted octanol–water partition coefficient (Wildman–Crippen LogP) is 4.18. The zero-order valence-corrected chi connectivity index (χ0v) is 23.4. The lowest BCUT2D eigenvalue weighted by Crippen LogP contribution is -2.38. The van der Waals surface area contributed by atoms with Gasteiger partial charge in [-0.3, -0.25) is 19.5 Å². The highest BCUT2D eigenvalue weighted by Gasteiger charge is 2.38. The number of thioether (sulfide) groups is 1. The standard InChI is InChI=1S/C24H28F6N4O4S2/c1-33(2)21(35)18(13-40(3,37)38)31-20-19(39-22(36)32-20)10-14-6-8-34(9-7-14)12-15-4-5-16(23(25,26)27)11-17(15)24(28,29)30/h4-5,10-11,14,18H,6-9,12-13H2,1-3H3,(H,31,32,36)/b19-10-/t18-/m0/s1. The van der Waals surface area contributed by atoms with Gasteiger partial charge in [-0.15, -0.1) is 0 Å². The van der Waals surface area contributed by atoms with Gasteiger partial charge in [-0.2, -0.15) is 26.3 Å². The SMILES string of the molecule is CN(C)C(=O)[C@H](CS(C)(=O)=O)N=C1NC(=O)S/C1=C\C1CCN(Cc2ccc(C(F)(F)F)cc2C(F)(F)F)CC1. The number of carbonyl (C=O) groups excluding carboxylic acids is 2. The Morgan fingerprint density at radius 3 is 2.33 bits per heavy atom. The van der Waals surface area contributed by atoms with Crippen molar-refractivity contribution < 1.29 is 44.3 Å². The number of rotatable bonds is 7. The van der Waals surface area contributed by atoms with Gasteiger partial charge < -0.3 is 10.2 Å². The summed E-state index contributed by atoms with van der Waals surface area (Å²) in [5.74, 6) is -1.15. The molecular weight excluding hydrogens is 586 g/mol. The van der Waals surface area contributed by atoms with Gasteiger partial charge in [0.25, 0.3) is 5.24 Å². The number of sulfone groups is 1. The highest BCUT2D eigenvalue weighted by atomic mass is 32.2. The minimum absolute atomic E-state index is 0.0702. The normalized spacial score (nSPS) is 20.7. The molecule has 2 aliphatic heterocycles. The predicted molar refractivity (Wildman–Crippen MR) is 138 cm³/mol. The minimum Gasteiger partial charge on any atom is -0.347 e. The van der Waals surface area contributed by atoms with Crippen LogP contribution in [0.3, 0.4) is 0 Å². The molecule has 40 heavy (non-hydrogen) atoms. The first-order valence-corrected chi connectivity index (χ1v) is 14.9. The van der Waals surface area contributed by atoms with Gasteiger partial charge in [-0.1, -0.05) is 12.1 Å². The fourth-order valence-electron chi connectivity index (χ4n) is 4.33. The van der Waals surface area contributed by atoms with E-state index >= 15 is 0 Å². The summed E-state index contributed by atoms with van der Waals surface area (Å²) in [4.78, 5) is 32.1. The van der Waals surface area contributed by atoms with Gasteiger partial charge in [0.15, 0.2) is 0 Å². The minimum atomic E-state index is -4.95. The van der Waals surface area contributed by atoms with Gasteiger partial charge in [-0.05, 0) is 61.3 Å². The molecule has 1 N–H and O–H groups in total. The molecule has 222 valence electrons. The Morgan fingerprint density at radius 2 is 1.80 bits per heavy atom. The topological polar surface area (TPSA) is 99.1 Å². The summed E-state index contributed by atoms with van der Waals surface area (Å²) in [6.07, 6.45) is -6.15. The molecule has 3 rings (SSSR count). The van der Waals surface area contributed by atoms with Crippen molar-refractivity contribution in [2.45, 2.75) is 37.8 Å². The lowest BCUT2D eigenvalue weighted by molar-refractivity contribution is -0.143. The van der Waals surface area contributed by atoms with Crippen LogP contribution in [0.25, 0.3) is 0 Å². The number of aliphatic imine (C=N–C) groups is 1. The first-order chi connectivity index (χ1) is 18.3. The number of likely N-dealkylation sites (tertiary alicyclic amines) is 1. The van der Waals surface area contributed by atoms with Crippen molar-refractivity contribution in [2.24, 2.45) is 10.9 Å². The number of carbonyl (C=O) groups is 2. The van der Waals surface area contributed by atoms with E-state index in [1.165, 1.54) is 19.0 Å². The van der Waals surface area contributed by atoms with Crippen molar-refractivity contribution in [3.05, 3.63) is 45.9 Å². The van der Waals surface area contributed by atoms with E-state index in [-0.39, 0.29) is 29.9 Å². The van der Waals surface area contributed by atoms with Gasteiger partial charge >= 0.3 is 12.4 Å². The Hall–Kier alpha value is -2.59. The summed E-state index contributed by atoms with van der Waals surface area (Å²) in [5.41, 5.74) is -2.94. The van der Waals surface area contributed by atoms with Crippen molar-refractivity contribution in [1.29, 1.82) is 0 Å². The maximum Gasteiger partial charge on any atom is 0.416 e. The molecule has 16 heteroatoms. The first-order valence-electron chi connectivity index (χ1n) is 12.0. The second-order valence-electron chi connectivity index (χ2n) is 9.85. The Morgan fingerprint density at radius 1 is 1.18 bits per heavy atom. The van der Waals surface area contributed by atoms with E-state index < -0.39 is 56.3 Å². The van der Waals surface area contributed by atoms with Crippen LogP contribution in [0.2, 0.25) is 0 Å². The molecule has 2 aliphatic rings. The Bertz CT molecular complexity index is 1300. The van der Waals surface area contributed by atoms with Crippen molar-refractivity contribution in [2.75, 3.05) is 39.2 Å². The molecule has 8 nitrogen and oxygen atoms in total. The molecular formula is C24H28F6N4O4S2. The summed E-state index contributed by atoms with van der Waals surface area (Å²) in [7, 11) is -0.679. The molecule has 1 aromatic carbocycles. The molecule has 0 bridgehead atoms. The number of hydrogen-bond acceptors (Lipinski definition) is 7. The number of amidine groups is 1. The third-order valence-corrected chi connectivity index (χ3v) is 8.04. The number of nitrogens with zero attached hydrogens (tertiary/aromatic N) is 3. The summed E-state index contributed by atoms with van der Waals surface area (Å²) < 4.78 is 103. The summed E-state index contributed by atoms with van der Waals surface area (Å²) in [5, 5.41) is 2.07. The summed E-state index contributed by atoms with van der Waals surface area (Å²) in [6, 6.07) is 0.363. The molecule has 1 atom stereocenters. The number of nitrogens with one attached hydrogen (secondary N) is 1. The highest BCUT2D eigenvalue weighted by molar-refractivity contribution is 8.18. The Kier molecular flexibility index (Phi) is 9.66. The lowest BCUT2D eigenvalue weighted by Gasteiger charge is -2.31. The zero-order valence-electron chi connectivity index (χ0n) is 21.8.